The van der Waals surface area contributed by atoms with Crippen molar-refractivity contribution in [2.75, 3.05) is 39.0 Å². The third-order valence-corrected chi connectivity index (χ3v) is 5.79. The van der Waals surface area contributed by atoms with Crippen LogP contribution < -0.4 is 0 Å². The first-order valence-electron chi connectivity index (χ1n) is 6.96. The molecular weight excluding hydrogens is 317 g/mol. The molecule has 0 spiro atoms. The molecule has 0 aromatic carbocycles. The molecule has 0 bridgehead atoms. The molecule has 0 fully saturated rings. The molecule has 0 radical (unpaired) electrons. The van der Waals surface area contributed by atoms with Gasteiger partial charge in [-0.25, -0.2) is 0 Å². The van der Waals surface area contributed by atoms with Gasteiger partial charge in [-0.2, -0.15) is 0 Å². The summed E-state index contributed by atoms with van der Waals surface area (Å²) in [6, 6.07) is 0. The fourth-order valence-corrected chi connectivity index (χ4v) is 4.99. The zero-order chi connectivity index (χ0) is 15.8. The molecule has 0 aromatic rings. The van der Waals surface area contributed by atoms with Crippen molar-refractivity contribution < 1.29 is 18.0 Å². The lowest BCUT2D eigenvalue weighted by Gasteiger charge is -2.30. The van der Waals surface area contributed by atoms with Crippen molar-refractivity contribution in [3.05, 3.63) is 0 Å². The van der Waals surface area contributed by atoms with Crippen LogP contribution in [0.1, 0.15) is 13.8 Å². The minimum atomic E-state index is -3.05. The fourth-order valence-electron chi connectivity index (χ4n) is 1.83. The van der Waals surface area contributed by atoms with E-state index < -0.39 is 15.9 Å². The third kappa shape index (κ3) is 9.50. The van der Waals surface area contributed by atoms with Crippen molar-refractivity contribution in [2.24, 2.45) is 0 Å². The predicted molar refractivity (Wildman–Crippen MR) is 87.3 cm³/mol. The van der Waals surface area contributed by atoms with Gasteiger partial charge in [0.15, 0.2) is 8.32 Å². The lowest BCUT2D eigenvalue weighted by Crippen LogP contribution is -2.40. The summed E-state index contributed by atoms with van der Waals surface area (Å²) in [5.74, 6) is 0.419. The average molecular weight is 346 g/mol. The summed E-state index contributed by atoms with van der Waals surface area (Å²) in [6.07, 6.45) is 0.182. The van der Waals surface area contributed by atoms with Crippen LogP contribution in [0.5, 0.6) is 0 Å². The second kappa shape index (κ2) is 9.56. The van der Waals surface area contributed by atoms with Gasteiger partial charge in [-0.1, -0.05) is 0 Å². The van der Waals surface area contributed by atoms with Crippen LogP contribution in [0, 0.1) is 0 Å². The summed E-state index contributed by atoms with van der Waals surface area (Å²) in [5, 5.41) is 0. The van der Waals surface area contributed by atoms with Gasteiger partial charge in [0.05, 0.1) is 19.3 Å². The van der Waals surface area contributed by atoms with Gasteiger partial charge >= 0.3 is 7.60 Å². The van der Waals surface area contributed by atoms with Gasteiger partial charge in [0.2, 0.25) is 0 Å². The van der Waals surface area contributed by atoms with Crippen LogP contribution in [-0.4, -0.2) is 58.3 Å². The van der Waals surface area contributed by atoms with Crippen LogP contribution in [-0.2, 0) is 18.0 Å². The Morgan fingerprint density at radius 1 is 1.20 bits per heavy atom. The highest BCUT2D eigenvalue weighted by atomic mass is 35.5. The van der Waals surface area contributed by atoms with Gasteiger partial charge in [-0.15, -0.1) is 11.6 Å². The summed E-state index contributed by atoms with van der Waals surface area (Å²) < 4.78 is 29.0. The van der Waals surface area contributed by atoms with Crippen molar-refractivity contribution in [1.82, 2.24) is 4.90 Å². The molecule has 0 heterocycles. The van der Waals surface area contributed by atoms with E-state index >= 15 is 0 Å². The molecular formula is C12H29ClNO4PSi. The zero-order valence-corrected chi connectivity index (χ0v) is 16.2. The third-order valence-electron chi connectivity index (χ3n) is 2.27. The van der Waals surface area contributed by atoms with Gasteiger partial charge in [0.1, 0.15) is 6.29 Å². The zero-order valence-electron chi connectivity index (χ0n) is 13.5. The first-order valence-corrected chi connectivity index (χ1v) is 12.6. The predicted octanol–water partition coefficient (Wildman–Crippen LogP) is 3.60. The Labute approximate surface area is 129 Å². The molecule has 0 amide bonds. The Morgan fingerprint density at radius 3 is 2.05 bits per heavy atom. The van der Waals surface area contributed by atoms with Crippen molar-refractivity contribution in [3.8, 4) is 0 Å². The van der Waals surface area contributed by atoms with E-state index in [2.05, 4.69) is 19.6 Å². The molecule has 0 aliphatic heterocycles. The first-order chi connectivity index (χ1) is 9.15. The van der Waals surface area contributed by atoms with Crippen molar-refractivity contribution >= 4 is 27.5 Å². The molecule has 1 unspecified atom stereocenters. The molecule has 0 aromatic heterocycles. The Kier molecular flexibility index (Phi) is 9.84. The molecule has 0 aliphatic rings. The van der Waals surface area contributed by atoms with E-state index in [0.717, 1.165) is 0 Å². The van der Waals surface area contributed by atoms with E-state index in [9.17, 15) is 4.57 Å². The van der Waals surface area contributed by atoms with Crippen LogP contribution in [0.15, 0.2) is 0 Å². The Hall–Kier alpha value is 0.577. The molecule has 8 heteroatoms. The van der Waals surface area contributed by atoms with E-state index in [1.807, 2.05) is 25.8 Å². The smallest absolute Gasteiger partial charge is 0.344 e. The van der Waals surface area contributed by atoms with E-state index in [1.54, 1.807) is 0 Å². The summed E-state index contributed by atoms with van der Waals surface area (Å²) in [4.78, 5) is 1.90. The van der Waals surface area contributed by atoms with E-state index in [0.29, 0.717) is 25.6 Å². The van der Waals surface area contributed by atoms with Gasteiger partial charge in [-0.05, 0) is 40.5 Å². The van der Waals surface area contributed by atoms with Crippen LogP contribution in [0.4, 0.5) is 0 Å². The van der Waals surface area contributed by atoms with E-state index in [-0.39, 0.29) is 12.4 Å². The number of hydrogen-bond acceptors (Lipinski definition) is 5. The molecule has 0 aliphatic carbocycles. The number of hydrogen-bond donors (Lipinski definition) is 0. The molecule has 122 valence electrons. The largest absolute Gasteiger partial charge is 0.412 e. The minimum Gasteiger partial charge on any atom is -0.412 e. The van der Waals surface area contributed by atoms with Crippen LogP contribution >= 0.6 is 19.2 Å². The minimum absolute atomic E-state index is 0.0648. The second-order valence-corrected chi connectivity index (χ2v) is 12.4. The molecule has 0 saturated carbocycles. The van der Waals surface area contributed by atoms with Crippen LogP contribution in [0.25, 0.3) is 0 Å². The van der Waals surface area contributed by atoms with Gasteiger partial charge in [0, 0.05) is 12.4 Å². The number of halogens is 1. The summed E-state index contributed by atoms with van der Waals surface area (Å²) in [5.41, 5.74) is 0. The average Bonchev–Trinajstić information content (AvgIpc) is 2.26. The quantitative estimate of drug-likeness (QED) is 0.325. The van der Waals surface area contributed by atoms with E-state index in [1.165, 1.54) is 0 Å². The second-order valence-electron chi connectivity index (χ2n) is 5.63. The highest BCUT2D eigenvalue weighted by molar-refractivity contribution is 7.53. The summed E-state index contributed by atoms with van der Waals surface area (Å²) in [6.45, 7) is 11.3. The summed E-state index contributed by atoms with van der Waals surface area (Å²) >= 11 is 5.95. The Balaban J connectivity index is 4.49. The Bertz CT molecular complexity index is 304. The topological polar surface area (TPSA) is 48.0 Å². The number of alkyl halides is 1. The molecule has 0 rings (SSSR count). The summed E-state index contributed by atoms with van der Waals surface area (Å²) in [7, 11) is -2.82. The fraction of sp³-hybridized carbons (Fsp3) is 1.00. The molecule has 0 saturated heterocycles. The maximum atomic E-state index is 12.4. The van der Waals surface area contributed by atoms with Crippen LogP contribution in [0.2, 0.25) is 19.6 Å². The maximum absolute atomic E-state index is 12.4. The normalized spacial score (nSPS) is 14.8. The van der Waals surface area contributed by atoms with Gasteiger partial charge in [-0.3, -0.25) is 9.46 Å². The standard InChI is InChI=1S/C12H29ClNO4PSi/c1-7-16-19(15,17-8-2)11-14(3)10-12(9-13)18-20(4,5)6/h12H,7-11H2,1-6H3. The van der Waals surface area contributed by atoms with Gasteiger partial charge in [0.25, 0.3) is 0 Å². The molecule has 5 nitrogen and oxygen atoms in total. The lowest BCUT2D eigenvalue weighted by molar-refractivity contribution is 0.155. The van der Waals surface area contributed by atoms with Gasteiger partial charge < -0.3 is 13.5 Å². The number of nitrogens with zero attached hydrogens (tertiary/aromatic N) is 1. The van der Waals surface area contributed by atoms with Crippen molar-refractivity contribution in [1.29, 1.82) is 0 Å². The van der Waals surface area contributed by atoms with E-state index in [4.69, 9.17) is 25.1 Å². The van der Waals surface area contributed by atoms with Crippen molar-refractivity contribution in [2.45, 2.75) is 39.6 Å². The maximum Gasteiger partial charge on any atom is 0.344 e. The first kappa shape index (κ1) is 20.6. The van der Waals surface area contributed by atoms with Crippen LogP contribution in [0.3, 0.4) is 0 Å². The van der Waals surface area contributed by atoms with Crippen molar-refractivity contribution in [3.63, 3.8) is 0 Å². The highest BCUT2D eigenvalue weighted by Gasteiger charge is 2.28. The molecule has 0 N–H and O–H groups in total. The number of likely N-dealkylation sites (N-methyl/N-ethyl adjacent to an activating group) is 1. The molecule has 1 atom stereocenters. The molecule has 20 heavy (non-hydrogen) atoms. The SMILES string of the molecule is CCOP(=O)(CN(C)CC(CCl)O[Si](C)(C)C)OCC. The number of rotatable bonds is 11. The highest BCUT2D eigenvalue weighted by Crippen LogP contribution is 2.48. The Morgan fingerprint density at radius 2 is 1.70 bits per heavy atom. The lowest BCUT2D eigenvalue weighted by atomic mass is 10.4. The monoisotopic (exact) mass is 345 g/mol.